The van der Waals surface area contributed by atoms with Crippen LogP contribution in [0.1, 0.15) is 37.3 Å². The maximum atomic E-state index is 13.1. The molecule has 0 spiro atoms. The van der Waals surface area contributed by atoms with Gasteiger partial charge in [-0.05, 0) is 18.6 Å². The zero-order valence-corrected chi connectivity index (χ0v) is 19.5. The fourth-order valence-corrected chi connectivity index (χ4v) is 4.48. The van der Waals surface area contributed by atoms with Gasteiger partial charge in [0.1, 0.15) is 12.4 Å². The fourth-order valence-electron chi connectivity index (χ4n) is 4.10. The highest BCUT2D eigenvalue weighted by molar-refractivity contribution is 6.34. The number of nitrogens with one attached hydrogen (secondary N) is 2. The molecular formula is C24H23ClN4O6. The maximum absolute atomic E-state index is 13.1. The van der Waals surface area contributed by atoms with Gasteiger partial charge in [-0.2, -0.15) is 0 Å². The van der Waals surface area contributed by atoms with Crippen molar-refractivity contribution in [1.29, 1.82) is 0 Å². The van der Waals surface area contributed by atoms with Crippen molar-refractivity contribution in [2.45, 2.75) is 44.4 Å². The van der Waals surface area contributed by atoms with Crippen molar-refractivity contribution in [2.75, 3.05) is 5.32 Å². The Hall–Kier alpha value is -3.92. The van der Waals surface area contributed by atoms with Gasteiger partial charge in [-0.1, -0.05) is 54.1 Å². The van der Waals surface area contributed by atoms with Gasteiger partial charge < -0.3 is 9.84 Å². The van der Waals surface area contributed by atoms with E-state index in [0.29, 0.717) is 5.56 Å². The smallest absolute Gasteiger partial charge is 0.412 e. The molecule has 0 saturated heterocycles. The van der Waals surface area contributed by atoms with Gasteiger partial charge in [-0.25, -0.2) is 14.6 Å². The van der Waals surface area contributed by atoms with E-state index >= 15 is 0 Å². The van der Waals surface area contributed by atoms with Crippen LogP contribution in [0.25, 0.3) is 0 Å². The number of carboxylic acid groups (broad SMARTS) is 1. The Bertz CT molecular complexity index is 1210. The Kier molecular flexibility index (Phi) is 6.74. The molecule has 35 heavy (non-hydrogen) atoms. The van der Waals surface area contributed by atoms with Gasteiger partial charge in [0.25, 0.3) is 0 Å². The van der Waals surface area contributed by atoms with Gasteiger partial charge in [0.15, 0.2) is 0 Å². The number of guanidine groups is 1. The zero-order chi connectivity index (χ0) is 25.2. The number of carbonyl (C=O) groups is 4. The molecule has 4 rings (SSSR count). The van der Waals surface area contributed by atoms with Crippen molar-refractivity contribution < 1.29 is 29.0 Å². The number of hydrogen-bond acceptors (Lipinski definition) is 6. The number of carbonyl (C=O) groups excluding carboxylic acids is 3. The van der Waals surface area contributed by atoms with E-state index in [9.17, 15) is 24.3 Å². The summed E-state index contributed by atoms with van der Waals surface area (Å²) in [6.45, 7) is 1.72. The van der Waals surface area contributed by atoms with Crippen LogP contribution in [0.4, 0.5) is 15.3 Å². The number of ketones is 1. The third-order valence-corrected chi connectivity index (χ3v) is 6.29. The van der Waals surface area contributed by atoms with E-state index in [2.05, 4.69) is 15.6 Å². The molecule has 1 atom stereocenters. The van der Waals surface area contributed by atoms with Gasteiger partial charge in [0, 0.05) is 18.4 Å². The van der Waals surface area contributed by atoms with Crippen LogP contribution in [-0.4, -0.2) is 45.9 Å². The fraction of sp³-hybridized carbons (Fsp3) is 0.292. The number of anilines is 1. The van der Waals surface area contributed by atoms with Crippen LogP contribution in [0.3, 0.4) is 0 Å². The third-order valence-electron chi connectivity index (χ3n) is 5.88. The average molecular weight is 499 g/mol. The molecule has 1 saturated carbocycles. The Morgan fingerprint density at radius 1 is 1.14 bits per heavy atom. The van der Waals surface area contributed by atoms with E-state index < -0.39 is 23.8 Å². The van der Waals surface area contributed by atoms with Crippen molar-refractivity contribution >= 4 is 47.1 Å². The first-order chi connectivity index (χ1) is 16.7. The molecule has 2 aliphatic rings. The Morgan fingerprint density at radius 3 is 2.51 bits per heavy atom. The van der Waals surface area contributed by atoms with E-state index in [1.54, 1.807) is 25.1 Å². The zero-order valence-electron chi connectivity index (χ0n) is 18.8. The monoisotopic (exact) mass is 498 g/mol. The van der Waals surface area contributed by atoms with E-state index in [1.807, 2.05) is 30.3 Å². The molecule has 3 N–H and O–H groups in total. The lowest BCUT2D eigenvalue weighted by molar-refractivity contribution is -0.137. The molecule has 0 aromatic heterocycles. The molecule has 182 valence electrons. The van der Waals surface area contributed by atoms with Crippen LogP contribution >= 0.6 is 11.6 Å². The molecule has 10 nitrogen and oxygen atoms in total. The summed E-state index contributed by atoms with van der Waals surface area (Å²) in [5.74, 6) is -0.558. The standard InChI is InChI=1S/C24H23ClN4O6/c1-24(12-19(31)29(15-10-16(30)11-15)21(28-24)27-22(32)33)17-8-5-9-18(20(17)25)26-23(34)35-13-14-6-3-2-4-7-14/h2-9,15H,10-13H2,1H3,(H,26,34)(H,27,28)(H,32,33)/t24-/m0/s1. The minimum atomic E-state index is -1.39. The lowest BCUT2D eigenvalue weighted by atomic mass is 9.84. The number of rotatable bonds is 5. The number of hydrogen-bond donors (Lipinski definition) is 3. The van der Waals surface area contributed by atoms with Gasteiger partial charge in [0.2, 0.25) is 11.9 Å². The summed E-state index contributed by atoms with van der Waals surface area (Å²) in [7, 11) is 0. The van der Waals surface area contributed by atoms with E-state index in [1.165, 1.54) is 4.90 Å². The van der Waals surface area contributed by atoms with Gasteiger partial charge in [0.05, 0.1) is 28.7 Å². The quantitative estimate of drug-likeness (QED) is 0.571. The Morgan fingerprint density at radius 2 is 1.86 bits per heavy atom. The topological polar surface area (TPSA) is 137 Å². The number of aliphatic imine (C=N–C) groups is 1. The number of benzene rings is 2. The SMILES string of the molecule is C[C@@]1(c2cccc(NC(=O)OCc3ccccc3)c2Cl)CC(=O)N(C2CC(=O)C2)C(NC(=O)O)=N1. The largest absolute Gasteiger partial charge is 0.465 e. The number of halogens is 1. The predicted molar refractivity (Wildman–Crippen MR) is 127 cm³/mol. The lowest BCUT2D eigenvalue weighted by Crippen LogP contribution is -2.59. The Balaban J connectivity index is 1.57. The highest BCUT2D eigenvalue weighted by Crippen LogP contribution is 2.41. The molecule has 0 radical (unpaired) electrons. The van der Waals surface area contributed by atoms with E-state index in [0.717, 1.165) is 5.56 Å². The molecule has 1 aliphatic heterocycles. The number of Topliss-reactive ketones (excluding diaryl/α,β-unsaturated/α-hetero) is 1. The van der Waals surface area contributed by atoms with Crippen molar-refractivity contribution in [1.82, 2.24) is 10.2 Å². The summed E-state index contributed by atoms with van der Waals surface area (Å²) in [5.41, 5.74) is 0.275. The summed E-state index contributed by atoms with van der Waals surface area (Å²) >= 11 is 6.60. The molecule has 11 heteroatoms. The van der Waals surface area contributed by atoms with Crippen molar-refractivity contribution in [3.8, 4) is 0 Å². The number of amides is 3. The third kappa shape index (κ3) is 5.27. The van der Waals surface area contributed by atoms with Gasteiger partial charge in [-0.3, -0.25) is 25.1 Å². The molecule has 1 aliphatic carbocycles. The minimum absolute atomic E-state index is 0.00761. The summed E-state index contributed by atoms with van der Waals surface area (Å²) in [6, 6.07) is 13.6. The second-order valence-electron chi connectivity index (χ2n) is 8.53. The highest BCUT2D eigenvalue weighted by Gasteiger charge is 2.45. The number of nitrogens with zero attached hydrogens (tertiary/aromatic N) is 2. The molecule has 2 aromatic carbocycles. The first kappa shape index (κ1) is 24.2. The van der Waals surface area contributed by atoms with E-state index in [-0.39, 0.29) is 54.2 Å². The highest BCUT2D eigenvalue weighted by atomic mass is 35.5. The maximum Gasteiger partial charge on any atom is 0.412 e. The lowest BCUT2D eigenvalue weighted by Gasteiger charge is -2.42. The van der Waals surface area contributed by atoms with Crippen LogP contribution in [0.5, 0.6) is 0 Å². The molecule has 1 fully saturated rings. The minimum Gasteiger partial charge on any atom is -0.465 e. The molecule has 1 heterocycles. The molecular weight excluding hydrogens is 476 g/mol. The summed E-state index contributed by atoms with van der Waals surface area (Å²) in [5, 5.41) is 14.2. The van der Waals surface area contributed by atoms with Crippen LogP contribution in [0.15, 0.2) is 53.5 Å². The van der Waals surface area contributed by atoms with Crippen LogP contribution < -0.4 is 10.6 Å². The van der Waals surface area contributed by atoms with Crippen LogP contribution in [0, 0.1) is 0 Å². The van der Waals surface area contributed by atoms with Gasteiger partial charge >= 0.3 is 12.2 Å². The van der Waals surface area contributed by atoms with E-state index in [4.69, 9.17) is 16.3 Å². The normalized spacial score (nSPS) is 20.1. The second kappa shape index (κ2) is 9.75. The predicted octanol–water partition coefficient (Wildman–Crippen LogP) is 3.89. The van der Waals surface area contributed by atoms with Crippen molar-refractivity contribution in [3.05, 3.63) is 64.7 Å². The summed E-state index contributed by atoms with van der Waals surface area (Å²) in [6.07, 6.45) is -1.92. The first-order valence-corrected chi connectivity index (χ1v) is 11.2. The molecule has 2 aromatic rings. The van der Waals surface area contributed by atoms with Crippen LogP contribution in [-0.2, 0) is 26.5 Å². The molecule has 0 bridgehead atoms. The van der Waals surface area contributed by atoms with Crippen molar-refractivity contribution in [2.24, 2.45) is 4.99 Å². The first-order valence-electron chi connectivity index (χ1n) is 10.9. The van der Waals surface area contributed by atoms with Crippen molar-refractivity contribution in [3.63, 3.8) is 0 Å². The molecule has 3 amide bonds. The second-order valence-corrected chi connectivity index (χ2v) is 8.91. The summed E-state index contributed by atoms with van der Waals surface area (Å²) in [4.78, 5) is 54.0. The average Bonchev–Trinajstić information content (AvgIpc) is 2.77. The summed E-state index contributed by atoms with van der Waals surface area (Å²) < 4.78 is 5.24. The van der Waals surface area contributed by atoms with Crippen LogP contribution in [0.2, 0.25) is 5.02 Å². The van der Waals surface area contributed by atoms with Gasteiger partial charge in [-0.15, -0.1) is 0 Å². The molecule has 0 unspecified atom stereocenters. The Labute approximate surface area is 205 Å². The number of ether oxygens (including phenoxy) is 1.